The van der Waals surface area contributed by atoms with Crippen LogP contribution in [0.25, 0.3) is 0 Å². The van der Waals surface area contributed by atoms with E-state index in [-0.39, 0.29) is 24.0 Å². The molecule has 0 amide bonds. The average Bonchev–Trinajstić information content (AvgIpc) is 3.10. The summed E-state index contributed by atoms with van der Waals surface area (Å²) >= 11 is 3.42. The zero-order valence-electron chi connectivity index (χ0n) is 12.4. The van der Waals surface area contributed by atoms with Crippen molar-refractivity contribution in [3.63, 3.8) is 0 Å². The van der Waals surface area contributed by atoms with Crippen molar-refractivity contribution in [3.8, 4) is 0 Å². The maximum absolute atomic E-state index is 4.60. The van der Waals surface area contributed by atoms with E-state index in [4.69, 9.17) is 0 Å². The second-order valence-corrected chi connectivity index (χ2v) is 6.41. The Kier molecular flexibility index (Phi) is 8.20. The van der Waals surface area contributed by atoms with Gasteiger partial charge in [0.15, 0.2) is 5.96 Å². The van der Waals surface area contributed by atoms with E-state index in [1.807, 2.05) is 0 Å². The van der Waals surface area contributed by atoms with Crippen LogP contribution in [0.1, 0.15) is 36.0 Å². The Morgan fingerprint density at radius 1 is 1.29 bits per heavy atom. The van der Waals surface area contributed by atoms with Gasteiger partial charge in [0.25, 0.3) is 0 Å². The zero-order valence-corrected chi connectivity index (χ0v) is 16.4. The van der Waals surface area contributed by atoms with Crippen molar-refractivity contribution in [3.05, 3.63) is 38.5 Å². The summed E-state index contributed by atoms with van der Waals surface area (Å²) in [6.45, 7) is 5.82. The van der Waals surface area contributed by atoms with Gasteiger partial charge in [0.05, 0.1) is 17.2 Å². The predicted molar refractivity (Wildman–Crippen MR) is 103 cm³/mol. The number of thiophene rings is 1. The molecule has 0 fully saturated rings. The molecule has 7 heteroatoms. The topological polar surface area (TPSA) is 49.3 Å². The van der Waals surface area contributed by atoms with Gasteiger partial charge in [0.1, 0.15) is 0 Å². The van der Waals surface area contributed by atoms with Gasteiger partial charge in [-0.3, -0.25) is 4.99 Å². The van der Waals surface area contributed by atoms with E-state index in [2.05, 4.69) is 56.7 Å². The lowest BCUT2D eigenvalue weighted by molar-refractivity contribution is 0.784. The first-order chi connectivity index (χ1) is 9.69. The van der Waals surface area contributed by atoms with Gasteiger partial charge in [-0.1, -0.05) is 13.8 Å². The van der Waals surface area contributed by atoms with Crippen molar-refractivity contribution in [1.82, 2.24) is 15.6 Å². The Balaban J connectivity index is 0.00000220. The van der Waals surface area contributed by atoms with Crippen LogP contribution < -0.4 is 10.6 Å². The summed E-state index contributed by atoms with van der Waals surface area (Å²) in [6.07, 6.45) is 0. The predicted octanol–water partition coefficient (Wildman–Crippen LogP) is 3.81. The smallest absolute Gasteiger partial charge is 0.191 e. The third-order valence-corrected chi connectivity index (χ3v) is 4.69. The molecule has 2 N–H and O–H groups in total. The van der Waals surface area contributed by atoms with Gasteiger partial charge < -0.3 is 10.6 Å². The molecular formula is C14H21IN4S2. The molecule has 0 radical (unpaired) electrons. The summed E-state index contributed by atoms with van der Waals surface area (Å²) in [5.74, 6) is 1.29. The quantitative estimate of drug-likeness (QED) is 0.426. The number of aliphatic imine (C=N–C) groups is 1. The first-order valence-electron chi connectivity index (χ1n) is 6.59. The maximum atomic E-state index is 4.60. The molecule has 2 aromatic heterocycles. The van der Waals surface area contributed by atoms with Crippen molar-refractivity contribution in [2.75, 3.05) is 7.05 Å². The highest BCUT2D eigenvalue weighted by atomic mass is 127. The zero-order chi connectivity index (χ0) is 14.4. The SMILES string of the molecule is CN=C(NCc1ccsc1)NCc1csc(C(C)C)n1.I. The average molecular weight is 436 g/mol. The number of hydrogen-bond donors (Lipinski definition) is 2. The number of nitrogens with one attached hydrogen (secondary N) is 2. The van der Waals surface area contributed by atoms with Crippen molar-refractivity contribution in [1.29, 1.82) is 0 Å². The van der Waals surface area contributed by atoms with Crippen LogP contribution in [0.4, 0.5) is 0 Å². The monoisotopic (exact) mass is 436 g/mol. The number of rotatable bonds is 5. The normalized spacial score (nSPS) is 11.3. The second-order valence-electron chi connectivity index (χ2n) is 4.74. The van der Waals surface area contributed by atoms with Crippen molar-refractivity contribution in [2.24, 2.45) is 4.99 Å². The molecule has 0 spiro atoms. The first kappa shape index (κ1) is 18.4. The summed E-state index contributed by atoms with van der Waals surface area (Å²) in [5.41, 5.74) is 2.34. The third kappa shape index (κ3) is 5.91. The fourth-order valence-electron chi connectivity index (χ4n) is 1.64. The molecule has 0 aliphatic heterocycles. The highest BCUT2D eigenvalue weighted by Crippen LogP contribution is 2.18. The highest BCUT2D eigenvalue weighted by Gasteiger charge is 2.06. The number of nitrogens with zero attached hydrogens (tertiary/aromatic N) is 2. The van der Waals surface area contributed by atoms with Gasteiger partial charge >= 0.3 is 0 Å². The standard InChI is InChI=1S/C14H20N4S2.HI/c1-10(2)13-18-12(9-20-13)7-17-14(15-3)16-6-11-4-5-19-8-11;/h4-5,8-10H,6-7H2,1-3H3,(H2,15,16,17);1H. The number of aromatic nitrogens is 1. The number of halogens is 1. The van der Waals surface area contributed by atoms with Crippen molar-refractivity contribution < 1.29 is 0 Å². The van der Waals surface area contributed by atoms with Crippen LogP contribution in [0.5, 0.6) is 0 Å². The molecule has 0 aliphatic carbocycles. The van der Waals surface area contributed by atoms with Crippen LogP contribution in [0.3, 0.4) is 0 Å². The maximum Gasteiger partial charge on any atom is 0.191 e. The summed E-state index contributed by atoms with van der Waals surface area (Å²) in [5, 5.41) is 14.1. The van der Waals surface area contributed by atoms with Crippen molar-refractivity contribution >= 4 is 52.6 Å². The van der Waals surface area contributed by atoms with Crippen LogP contribution in [0.15, 0.2) is 27.2 Å². The minimum absolute atomic E-state index is 0. The molecule has 0 unspecified atom stereocenters. The molecule has 2 aromatic rings. The van der Waals surface area contributed by atoms with Crippen LogP contribution in [-0.4, -0.2) is 18.0 Å². The number of hydrogen-bond acceptors (Lipinski definition) is 4. The molecule has 0 bridgehead atoms. The lowest BCUT2D eigenvalue weighted by atomic mass is 10.2. The molecule has 2 rings (SSSR count). The Morgan fingerprint density at radius 2 is 2.05 bits per heavy atom. The molecule has 0 saturated carbocycles. The molecule has 0 aromatic carbocycles. The van der Waals surface area contributed by atoms with Crippen LogP contribution in [0.2, 0.25) is 0 Å². The van der Waals surface area contributed by atoms with E-state index in [1.54, 1.807) is 29.7 Å². The molecular weight excluding hydrogens is 415 g/mol. The molecule has 0 aliphatic rings. The molecule has 0 atom stereocenters. The third-order valence-electron chi connectivity index (χ3n) is 2.76. The second kappa shape index (κ2) is 9.37. The fourth-order valence-corrected chi connectivity index (χ4v) is 3.15. The van der Waals surface area contributed by atoms with E-state index in [0.717, 1.165) is 18.2 Å². The Morgan fingerprint density at radius 3 is 2.62 bits per heavy atom. The number of guanidine groups is 1. The minimum Gasteiger partial charge on any atom is -0.352 e. The van der Waals surface area contributed by atoms with E-state index >= 15 is 0 Å². The molecule has 2 heterocycles. The van der Waals surface area contributed by atoms with Gasteiger partial charge in [-0.2, -0.15) is 11.3 Å². The van der Waals surface area contributed by atoms with Gasteiger partial charge in [-0.25, -0.2) is 4.98 Å². The van der Waals surface area contributed by atoms with Crippen molar-refractivity contribution in [2.45, 2.75) is 32.9 Å². The molecule has 21 heavy (non-hydrogen) atoms. The van der Waals surface area contributed by atoms with Crippen LogP contribution >= 0.6 is 46.7 Å². The molecule has 0 saturated heterocycles. The van der Waals surface area contributed by atoms with Gasteiger partial charge in [0, 0.05) is 24.9 Å². The van der Waals surface area contributed by atoms with E-state index in [0.29, 0.717) is 12.5 Å². The van der Waals surface area contributed by atoms with Gasteiger partial charge in [0.2, 0.25) is 0 Å². The summed E-state index contributed by atoms with van der Waals surface area (Å²) < 4.78 is 0. The minimum atomic E-state index is 0. The van der Waals surface area contributed by atoms with E-state index in [9.17, 15) is 0 Å². The lowest BCUT2D eigenvalue weighted by Crippen LogP contribution is -2.36. The summed E-state index contributed by atoms with van der Waals surface area (Å²) in [7, 11) is 1.78. The van der Waals surface area contributed by atoms with Crippen LogP contribution in [0, 0.1) is 0 Å². The Hall–Kier alpha value is -0.670. The van der Waals surface area contributed by atoms with E-state index in [1.165, 1.54) is 10.6 Å². The Bertz CT molecular complexity index is 549. The fraction of sp³-hybridized carbons (Fsp3) is 0.429. The molecule has 116 valence electrons. The lowest BCUT2D eigenvalue weighted by Gasteiger charge is -2.10. The Labute approximate surface area is 151 Å². The molecule has 4 nitrogen and oxygen atoms in total. The van der Waals surface area contributed by atoms with E-state index < -0.39 is 0 Å². The van der Waals surface area contributed by atoms with Gasteiger partial charge in [-0.05, 0) is 22.4 Å². The largest absolute Gasteiger partial charge is 0.352 e. The highest BCUT2D eigenvalue weighted by molar-refractivity contribution is 14.0. The summed E-state index contributed by atoms with van der Waals surface area (Å²) in [4.78, 5) is 8.82. The van der Waals surface area contributed by atoms with Crippen LogP contribution in [-0.2, 0) is 13.1 Å². The van der Waals surface area contributed by atoms with Gasteiger partial charge in [-0.15, -0.1) is 35.3 Å². The summed E-state index contributed by atoms with van der Waals surface area (Å²) in [6, 6.07) is 2.11. The number of thiazole rings is 1. The first-order valence-corrected chi connectivity index (χ1v) is 8.41.